The van der Waals surface area contributed by atoms with Crippen LogP contribution in [0.3, 0.4) is 0 Å². The number of methoxy groups -OCH3 is 1. The lowest BCUT2D eigenvalue weighted by Crippen LogP contribution is -2.42. The zero-order valence-corrected chi connectivity index (χ0v) is 15.8. The van der Waals surface area contributed by atoms with Crippen molar-refractivity contribution in [1.29, 1.82) is 0 Å². The first-order chi connectivity index (χ1) is 12.5. The zero-order chi connectivity index (χ0) is 18.9. The highest BCUT2D eigenvalue weighted by molar-refractivity contribution is 7.98. The first-order valence-electron chi connectivity index (χ1n) is 8.35. The minimum atomic E-state index is -0.675. The lowest BCUT2D eigenvalue weighted by molar-refractivity contribution is -0.142. The monoisotopic (exact) mass is 372 g/mol. The summed E-state index contributed by atoms with van der Waals surface area (Å²) in [6.07, 6.45) is 3.07. The van der Waals surface area contributed by atoms with Gasteiger partial charge in [0, 0.05) is 11.3 Å². The van der Waals surface area contributed by atoms with Crippen molar-refractivity contribution in [2.24, 2.45) is 0 Å². The molecule has 3 N–H and O–H groups in total. The van der Waals surface area contributed by atoms with Crippen molar-refractivity contribution < 1.29 is 14.3 Å². The van der Waals surface area contributed by atoms with Gasteiger partial charge in [0.2, 0.25) is 0 Å². The lowest BCUT2D eigenvalue weighted by atomic mass is 9.98. The number of amides is 1. The normalized spacial score (nSPS) is 11.6. The number of esters is 1. The Balaban J connectivity index is 2.23. The summed E-state index contributed by atoms with van der Waals surface area (Å²) in [6, 6.07) is 14.5. The molecule has 0 unspecified atom stereocenters. The van der Waals surface area contributed by atoms with E-state index in [1.165, 1.54) is 7.11 Å². The lowest BCUT2D eigenvalue weighted by Gasteiger charge is -2.18. The van der Waals surface area contributed by atoms with E-state index in [2.05, 4.69) is 5.32 Å². The van der Waals surface area contributed by atoms with Crippen LogP contribution >= 0.6 is 11.8 Å². The van der Waals surface area contributed by atoms with Gasteiger partial charge in [-0.25, -0.2) is 4.79 Å². The van der Waals surface area contributed by atoms with Crippen molar-refractivity contribution >= 4 is 29.3 Å². The molecule has 0 saturated heterocycles. The molecule has 1 amide bonds. The van der Waals surface area contributed by atoms with Gasteiger partial charge in [0.15, 0.2) is 0 Å². The van der Waals surface area contributed by atoms with Crippen LogP contribution in [0, 0.1) is 0 Å². The van der Waals surface area contributed by atoms with Crippen molar-refractivity contribution in [3.63, 3.8) is 0 Å². The molecule has 0 heterocycles. The second kappa shape index (κ2) is 9.87. The number of nitrogens with two attached hydrogens (primary N) is 1. The number of anilines is 1. The quantitative estimate of drug-likeness (QED) is 0.550. The van der Waals surface area contributed by atoms with Crippen molar-refractivity contribution in [3.05, 3.63) is 65.2 Å². The van der Waals surface area contributed by atoms with Gasteiger partial charge >= 0.3 is 5.97 Å². The SMILES string of the molecule is COC(=O)[C@H](CCSC)NC(=O)c1cc(N)ccc1Cc1ccccc1. The smallest absolute Gasteiger partial charge is 0.328 e. The summed E-state index contributed by atoms with van der Waals surface area (Å²) in [5.74, 6) is -0.0194. The van der Waals surface area contributed by atoms with Crippen LogP contribution in [0.2, 0.25) is 0 Å². The average molecular weight is 372 g/mol. The maximum Gasteiger partial charge on any atom is 0.328 e. The highest BCUT2D eigenvalue weighted by Crippen LogP contribution is 2.18. The molecule has 138 valence electrons. The third-order valence-electron chi connectivity index (χ3n) is 4.02. The van der Waals surface area contributed by atoms with Crippen molar-refractivity contribution in [2.75, 3.05) is 24.9 Å². The zero-order valence-electron chi connectivity index (χ0n) is 15.0. The molecule has 1 atom stereocenters. The number of nitrogens with one attached hydrogen (secondary N) is 1. The van der Waals surface area contributed by atoms with Crippen LogP contribution in [0.25, 0.3) is 0 Å². The highest BCUT2D eigenvalue weighted by atomic mass is 32.2. The van der Waals surface area contributed by atoms with Crippen LogP contribution < -0.4 is 11.1 Å². The maximum atomic E-state index is 12.8. The average Bonchev–Trinajstić information content (AvgIpc) is 2.66. The van der Waals surface area contributed by atoms with Crippen LogP contribution in [0.5, 0.6) is 0 Å². The Labute approximate surface area is 158 Å². The summed E-state index contributed by atoms with van der Waals surface area (Å²) < 4.78 is 4.81. The van der Waals surface area contributed by atoms with E-state index in [1.807, 2.05) is 42.7 Å². The second-order valence-corrected chi connectivity index (χ2v) is 6.90. The summed E-state index contributed by atoms with van der Waals surface area (Å²) in [6.45, 7) is 0. The summed E-state index contributed by atoms with van der Waals surface area (Å²) >= 11 is 1.61. The standard InChI is InChI=1S/C20H24N2O3S/c1-25-20(24)18(10-11-26-2)22-19(23)17-13-16(21)9-8-15(17)12-14-6-4-3-5-7-14/h3-9,13,18H,10-12,21H2,1-2H3,(H,22,23)/t18-/m0/s1. The molecule has 0 fully saturated rings. The highest BCUT2D eigenvalue weighted by Gasteiger charge is 2.23. The molecule has 0 radical (unpaired) electrons. The molecule has 2 aromatic rings. The number of hydrogen-bond acceptors (Lipinski definition) is 5. The number of hydrogen-bond donors (Lipinski definition) is 2. The molecule has 0 saturated carbocycles. The molecule has 2 rings (SSSR count). The summed E-state index contributed by atoms with van der Waals surface area (Å²) in [5.41, 5.74) is 8.82. The van der Waals surface area contributed by atoms with Gasteiger partial charge in [-0.1, -0.05) is 36.4 Å². The van der Waals surface area contributed by atoms with E-state index in [9.17, 15) is 9.59 Å². The predicted octanol–water partition coefficient (Wildman–Crippen LogP) is 2.88. The molecule has 0 aromatic heterocycles. The number of thioether (sulfide) groups is 1. The number of rotatable bonds is 8. The molecule has 6 heteroatoms. The van der Waals surface area contributed by atoms with E-state index in [4.69, 9.17) is 10.5 Å². The summed E-state index contributed by atoms with van der Waals surface area (Å²) in [7, 11) is 1.32. The van der Waals surface area contributed by atoms with Crippen molar-refractivity contribution in [2.45, 2.75) is 18.9 Å². The molecule has 0 bridgehead atoms. The van der Waals surface area contributed by atoms with Gasteiger partial charge in [-0.15, -0.1) is 0 Å². The summed E-state index contributed by atoms with van der Waals surface area (Å²) in [4.78, 5) is 24.8. The number of benzene rings is 2. The second-order valence-electron chi connectivity index (χ2n) is 5.91. The van der Waals surface area contributed by atoms with E-state index >= 15 is 0 Å². The Morgan fingerprint density at radius 1 is 1.19 bits per heavy atom. The Bertz CT molecular complexity index is 750. The first kappa shape index (κ1) is 19.8. The van der Waals surface area contributed by atoms with Crippen LogP contribution in [-0.4, -0.2) is 37.0 Å². The third-order valence-corrected chi connectivity index (χ3v) is 4.66. The van der Waals surface area contributed by atoms with Crippen LogP contribution in [0.1, 0.15) is 27.9 Å². The number of nitrogen functional groups attached to an aromatic ring is 1. The fraction of sp³-hybridized carbons (Fsp3) is 0.300. The Hall–Kier alpha value is -2.47. The third kappa shape index (κ3) is 5.52. The Morgan fingerprint density at radius 3 is 2.58 bits per heavy atom. The maximum absolute atomic E-state index is 12.8. The van der Waals surface area contributed by atoms with Gasteiger partial charge in [-0.3, -0.25) is 4.79 Å². The van der Waals surface area contributed by atoms with E-state index in [1.54, 1.807) is 23.9 Å². The van der Waals surface area contributed by atoms with Crippen molar-refractivity contribution in [1.82, 2.24) is 5.32 Å². The molecule has 0 aliphatic carbocycles. The van der Waals surface area contributed by atoms with Gasteiger partial charge < -0.3 is 15.8 Å². The van der Waals surface area contributed by atoms with Crippen LogP contribution in [-0.2, 0) is 16.0 Å². The largest absolute Gasteiger partial charge is 0.467 e. The molecular formula is C20H24N2O3S. The van der Waals surface area contributed by atoms with E-state index in [0.717, 1.165) is 16.9 Å². The minimum absolute atomic E-state index is 0.320. The van der Waals surface area contributed by atoms with Gasteiger partial charge in [0.1, 0.15) is 6.04 Å². The molecule has 0 aliphatic rings. The van der Waals surface area contributed by atoms with Crippen LogP contribution in [0.4, 0.5) is 5.69 Å². The molecule has 2 aromatic carbocycles. The fourth-order valence-electron chi connectivity index (χ4n) is 2.64. The molecule has 5 nitrogen and oxygen atoms in total. The molecule has 26 heavy (non-hydrogen) atoms. The van der Waals surface area contributed by atoms with Gasteiger partial charge in [-0.05, 0) is 48.1 Å². The summed E-state index contributed by atoms with van der Waals surface area (Å²) in [5, 5.41) is 2.79. The molecule has 0 spiro atoms. The predicted molar refractivity (Wildman–Crippen MR) is 106 cm³/mol. The Kier molecular flexibility index (Phi) is 7.53. The van der Waals surface area contributed by atoms with Crippen molar-refractivity contribution in [3.8, 4) is 0 Å². The number of carbonyl (C=O) groups excluding carboxylic acids is 2. The molecular weight excluding hydrogens is 348 g/mol. The van der Waals surface area contributed by atoms with E-state index in [-0.39, 0.29) is 5.91 Å². The number of ether oxygens (including phenoxy) is 1. The fourth-order valence-corrected chi connectivity index (χ4v) is 3.11. The van der Waals surface area contributed by atoms with Gasteiger partial charge in [0.05, 0.1) is 7.11 Å². The molecule has 0 aliphatic heterocycles. The minimum Gasteiger partial charge on any atom is -0.467 e. The Morgan fingerprint density at radius 2 is 1.92 bits per heavy atom. The number of carbonyl (C=O) groups is 2. The topological polar surface area (TPSA) is 81.4 Å². The van der Waals surface area contributed by atoms with E-state index < -0.39 is 12.0 Å². The van der Waals surface area contributed by atoms with Crippen LogP contribution in [0.15, 0.2) is 48.5 Å². The van der Waals surface area contributed by atoms with Gasteiger partial charge in [-0.2, -0.15) is 11.8 Å². The first-order valence-corrected chi connectivity index (χ1v) is 9.74. The van der Waals surface area contributed by atoms with Gasteiger partial charge in [0.25, 0.3) is 5.91 Å². The van der Waals surface area contributed by atoms with E-state index in [0.29, 0.717) is 24.1 Å².